The van der Waals surface area contributed by atoms with Crippen molar-refractivity contribution in [1.82, 2.24) is 4.98 Å². The van der Waals surface area contributed by atoms with Gasteiger partial charge >= 0.3 is 0 Å². The molecule has 2 heterocycles. The molecular formula is C25H31NO2Si. The smallest absolute Gasteiger partial charge is 0.258 e. The molecule has 3 nitrogen and oxygen atoms in total. The summed E-state index contributed by atoms with van der Waals surface area (Å²) in [5.74, 6) is 1.90. The number of hydrogen-bond donors (Lipinski definition) is 0. The molecule has 0 aliphatic carbocycles. The summed E-state index contributed by atoms with van der Waals surface area (Å²) in [5.41, 5.74) is 6.18. The normalized spacial score (nSPS) is 13.6. The third-order valence-electron chi connectivity index (χ3n) is 6.51. The Labute approximate surface area is 175 Å². The van der Waals surface area contributed by atoms with Crippen LogP contribution in [0.5, 0.6) is 11.5 Å². The maximum absolute atomic E-state index is 6.93. The minimum atomic E-state index is -2.00. The third-order valence-corrected chi connectivity index (χ3v) is 12.5. The van der Waals surface area contributed by atoms with Crippen LogP contribution in [0, 0.1) is 0 Å². The van der Waals surface area contributed by atoms with Crippen LogP contribution < -0.4 is 9.16 Å². The third kappa shape index (κ3) is 3.23. The monoisotopic (exact) mass is 405 g/mol. The molecule has 1 aliphatic rings. The fraction of sp³-hybridized carbons (Fsp3) is 0.400. The van der Waals surface area contributed by atoms with Gasteiger partial charge in [0.2, 0.25) is 0 Å². The van der Waals surface area contributed by atoms with Crippen molar-refractivity contribution in [2.24, 2.45) is 0 Å². The van der Waals surface area contributed by atoms with Crippen LogP contribution in [-0.4, -0.2) is 13.3 Å². The summed E-state index contributed by atoms with van der Waals surface area (Å²) in [6, 6.07) is 14.7. The van der Waals surface area contributed by atoms with E-state index in [9.17, 15) is 0 Å². The van der Waals surface area contributed by atoms with Crippen molar-refractivity contribution < 1.29 is 9.16 Å². The Morgan fingerprint density at radius 3 is 2.31 bits per heavy atom. The molecule has 0 fully saturated rings. The number of benzene rings is 2. The van der Waals surface area contributed by atoms with Crippen LogP contribution in [0.2, 0.25) is 16.6 Å². The van der Waals surface area contributed by atoms with Crippen LogP contribution in [0.1, 0.15) is 47.1 Å². The quantitative estimate of drug-likeness (QED) is 0.416. The van der Waals surface area contributed by atoms with E-state index in [4.69, 9.17) is 9.16 Å². The van der Waals surface area contributed by atoms with E-state index in [0.29, 0.717) is 23.2 Å². The minimum Gasteiger partial charge on any atom is -0.543 e. The lowest BCUT2D eigenvalue weighted by Gasteiger charge is -2.42. The van der Waals surface area contributed by atoms with Gasteiger partial charge in [-0.3, -0.25) is 4.98 Å². The molecule has 1 aromatic heterocycles. The predicted molar refractivity (Wildman–Crippen MR) is 123 cm³/mol. The van der Waals surface area contributed by atoms with E-state index in [0.717, 1.165) is 28.0 Å². The molecule has 1 aliphatic heterocycles. The predicted octanol–water partition coefficient (Wildman–Crippen LogP) is 7.35. The van der Waals surface area contributed by atoms with Crippen LogP contribution in [0.15, 0.2) is 48.7 Å². The van der Waals surface area contributed by atoms with Gasteiger partial charge in [0.25, 0.3) is 8.32 Å². The fourth-order valence-corrected chi connectivity index (χ4v) is 10.5. The summed E-state index contributed by atoms with van der Waals surface area (Å²) in [7, 11) is -2.00. The van der Waals surface area contributed by atoms with Gasteiger partial charge in [-0.25, -0.2) is 0 Å². The minimum absolute atomic E-state index is 0.539. The van der Waals surface area contributed by atoms with Crippen LogP contribution in [0.3, 0.4) is 0 Å². The molecule has 2 aromatic carbocycles. The van der Waals surface area contributed by atoms with Gasteiger partial charge in [-0.15, -0.1) is 0 Å². The van der Waals surface area contributed by atoms with Crippen LogP contribution >= 0.6 is 0 Å². The van der Waals surface area contributed by atoms with E-state index in [2.05, 4.69) is 82.9 Å². The van der Waals surface area contributed by atoms with E-state index in [-0.39, 0.29) is 0 Å². The second kappa shape index (κ2) is 7.49. The van der Waals surface area contributed by atoms with Gasteiger partial charge in [0.05, 0.1) is 5.52 Å². The number of ether oxygens (including phenoxy) is 1. The van der Waals surface area contributed by atoms with Crippen molar-refractivity contribution in [3.8, 4) is 22.6 Å². The molecular weight excluding hydrogens is 374 g/mol. The molecule has 0 saturated heterocycles. The van der Waals surface area contributed by atoms with Gasteiger partial charge in [-0.05, 0) is 52.5 Å². The average Bonchev–Trinajstić information content (AvgIpc) is 2.70. The maximum atomic E-state index is 6.93. The van der Waals surface area contributed by atoms with Crippen molar-refractivity contribution in [3.05, 3.63) is 54.2 Å². The highest BCUT2D eigenvalue weighted by Gasteiger charge is 2.47. The summed E-state index contributed by atoms with van der Waals surface area (Å²) >= 11 is 0. The zero-order valence-corrected chi connectivity index (χ0v) is 19.3. The molecule has 0 spiro atoms. The van der Waals surface area contributed by atoms with Crippen molar-refractivity contribution in [2.45, 2.75) is 64.8 Å². The summed E-state index contributed by atoms with van der Waals surface area (Å²) < 4.78 is 13.0. The van der Waals surface area contributed by atoms with E-state index >= 15 is 0 Å². The standard InChI is InChI=1S/C25H31NO2Si/c1-16(2)29(17(3)4,18(5)6)28-19-9-12-25-22(14-19)20-10-11-24-21(8-7-13-26-24)23(20)15-27-25/h7-14,16-18H,15H2,1-6H3. The zero-order valence-electron chi connectivity index (χ0n) is 18.3. The van der Waals surface area contributed by atoms with Gasteiger partial charge in [0.1, 0.15) is 18.1 Å². The first kappa shape index (κ1) is 20.0. The molecule has 29 heavy (non-hydrogen) atoms. The molecule has 0 N–H and O–H groups in total. The topological polar surface area (TPSA) is 31.4 Å². The molecule has 0 radical (unpaired) electrons. The number of fused-ring (bicyclic) bond motifs is 5. The SMILES string of the molecule is CC(C)[Si](Oc1ccc2c(c1)-c1ccc3ncccc3c1CO2)(C(C)C)C(C)C. The second-order valence-corrected chi connectivity index (χ2v) is 14.4. The molecule has 0 unspecified atom stereocenters. The van der Waals surface area contributed by atoms with Crippen molar-refractivity contribution in [1.29, 1.82) is 0 Å². The van der Waals surface area contributed by atoms with Crippen LogP contribution in [0.4, 0.5) is 0 Å². The van der Waals surface area contributed by atoms with Crippen molar-refractivity contribution in [2.75, 3.05) is 0 Å². The van der Waals surface area contributed by atoms with Crippen LogP contribution in [0.25, 0.3) is 22.0 Å². The lowest BCUT2D eigenvalue weighted by Crippen LogP contribution is -2.50. The van der Waals surface area contributed by atoms with Crippen molar-refractivity contribution >= 4 is 19.2 Å². The lowest BCUT2D eigenvalue weighted by atomic mass is 9.94. The number of aromatic nitrogens is 1. The highest BCUT2D eigenvalue weighted by atomic mass is 28.4. The first-order valence-corrected chi connectivity index (χ1v) is 12.8. The first-order chi connectivity index (χ1) is 13.8. The molecule has 4 rings (SSSR count). The molecule has 3 aromatic rings. The van der Waals surface area contributed by atoms with E-state index in [1.807, 2.05) is 12.3 Å². The average molecular weight is 406 g/mol. The largest absolute Gasteiger partial charge is 0.543 e. The van der Waals surface area contributed by atoms with E-state index in [1.165, 1.54) is 11.1 Å². The highest BCUT2D eigenvalue weighted by molar-refractivity contribution is 6.78. The van der Waals surface area contributed by atoms with Gasteiger partial charge in [-0.2, -0.15) is 0 Å². The summed E-state index contributed by atoms with van der Waals surface area (Å²) in [5, 5.41) is 1.16. The van der Waals surface area contributed by atoms with Crippen LogP contribution in [-0.2, 0) is 6.61 Å². The summed E-state index contributed by atoms with van der Waals surface area (Å²) in [6.07, 6.45) is 1.84. The maximum Gasteiger partial charge on any atom is 0.258 e. The van der Waals surface area contributed by atoms with Crippen molar-refractivity contribution in [3.63, 3.8) is 0 Å². The summed E-state index contributed by atoms with van der Waals surface area (Å²) in [6.45, 7) is 14.5. The molecule has 0 amide bonds. The Hall–Kier alpha value is -2.33. The number of rotatable bonds is 5. The Morgan fingerprint density at radius 1 is 0.897 bits per heavy atom. The Morgan fingerprint density at radius 2 is 1.62 bits per heavy atom. The first-order valence-electron chi connectivity index (χ1n) is 10.7. The fourth-order valence-electron chi connectivity index (χ4n) is 5.24. The van der Waals surface area contributed by atoms with E-state index < -0.39 is 8.32 Å². The lowest BCUT2D eigenvalue weighted by molar-refractivity contribution is 0.303. The molecule has 0 bridgehead atoms. The Kier molecular flexibility index (Phi) is 5.15. The highest BCUT2D eigenvalue weighted by Crippen LogP contribution is 2.46. The number of hydrogen-bond acceptors (Lipinski definition) is 3. The Balaban J connectivity index is 1.81. The molecule has 4 heteroatoms. The molecule has 0 saturated carbocycles. The van der Waals surface area contributed by atoms with Gasteiger partial charge in [-0.1, -0.05) is 53.7 Å². The Bertz CT molecular complexity index is 1020. The van der Waals surface area contributed by atoms with E-state index in [1.54, 1.807) is 0 Å². The van der Waals surface area contributed by atoms with Gasteiger partial charge in [0, 0.05) is 22.7 Å². The van der Waals surface area contributed by atoms with Gasteiger partial charge < -0.3 is 9.16 Å². The zero-order chi connectivity index (χ0) is 20.8. The number of pyridine rings is 1. The second-order valence-electron chi connectivity index (χ2n) is 9.03. The molecule has 0 atom stereocenters. The number of nitrogens with zero attached hydrogens (tertiary/aromatic N) is 1. The summed E-state index contributed by atoms with van der Waals surface area (Å²) in [4.78, 5) is 4.49. The van der Waals surface area contributed by atoms with Gasteiger partial charge in [0.15, 0.2) is 0 Å². The molecule has 152 valence electrons.